The third-order valence-electron chi connectivity index (χ3n) is 5.77. The van der Waals surface area contributed by atoms with Crippen molar-refractivity contribution in [3.63, 3.8) is 0 Å². The molecule has 10 heteroatoms. The first-order chi connectivity index (χ1) is 14.7. The van der Waals surface area contributed by atoms with E-state index in [0.29, 0.717) is 34.4 Å². The van der Waals surface area contributed by atoms with Gasteiger partial charge in [-0.15, -0.1) is 0 Å². The maximum absolute atomic E-state index is 13.1. The van der Waals surface area contributed by atoms with Gasteiger partial charge in [-0.05, 0) is 48.9 Å². The summed E-state index contributed by atoms with van der Waals surface area (Å²) in [4.78, 5) is 29.0. The van der Waals surface area contributed by atoms with E-state index >= 15 is 0 Å². The van der Waals surface area contributed by atoms with Crippen molar-refractivity contribution >= 4 is 50.7 Å². The molecule has 0 N–H and O–H groups in total. The van der Waals surface area contributed by atoms with Crippen molar-refractivity contribution in [2.75, 3.05) is 31.1 Å². The number of hydrogen-bond donors (Lipinski definition) is 0. The number of sulfonamides is 1. The lowest BCUT2D eigenvalue weighted by molar-refractivity contribution is -0.123. The maximum Gasteiger partial charge on any atom is 0.251 e. The fraction of sp³-hybridized carbons (Fsp3) is 0.333. The highest BCUT2D eigenvalue weighted by atomic mass is 35.5. The zero-order valence-corrected chi connectivity index (χ0v) is 19.1. The van der Waals surface area contributed by atoms with Gasteiger partial charge in [0.25, 0.3) is 5.91 Å². The molecular weight excluding hydrogens is 461 g/mol. The number of carbonyl (C=O) groups is 2. The molecule has 0 aliphatic carbocycles. The van der Waals surface area contributed by atoms with Gasteiger partial charge in [-0.1, -0.05) is 29.3 Å². The van der Waals surface area contributed by atoms with E-state index in [9.17, 15) is 18.0 Å². The van der Waals surface area contributed by atoms with Crippen molar-refractivity contribution in [3.8, 4) is 0 Å². The second-order valence-electron chi connectivity index (χ2n) is 7.57. The standard InChI is InChI=1S/C21H21Cl2N3O4S/c1-14-17(23)3-2-4-18(14)26-20(27)13-19(21(26)28)24-9-11-25(12-10-24)31(29,30)16-7-5-15(22)6-8-16/h2-8,19H,9-13H2,1H3/t19-/m0/s1. The number of nitrogens with zero attached hydrogens (tertiary/aromatic N) is 3. The van der Waals surface area contributed by atoms with Gasteiger partial charge in [-0.3, -0.25) is 14.5 Å². The first kappa shape index (κ1) is 22.2. The van der Waals surface area contributed by atoms with Crippen LogP contribution in [-0.2, 0) is 19.6 Å². The first-order valence-electron chi connectivity index (χ1n) is 9.82. The van der Waals surface area contributed by atoms with Gasteiger partial charge in [0.2, 0.25) is 15.9 Å². The van der Waals surface area contributed by atoms with Crippen LogP contribution >= 0.6 is 23.2 Å². The number of piperazine rings is 1. The molecule has 2 aliphatic heterocycles. The van der Waals surface area contributed by atoms with Gasteiger partial charge in [-0.25, -0.2) is 13.3 Å². The van der Waals surface area contributed by atoms with Crippen LogP contribution in [0.2, 0.25) is 10.0 Å². The predicted molar refractivity (Wildman–Crippen MR) is 119 cm³/mol. The Morgan fingerprint density at radius 1 is 0.935 bits per heavy atom. The summed E-state index contributed by atoms with van der Waals surface area (Å²) in [5.41, 5.74) is 1.17. The zero-order chi connectivity index (χ0) is 22.3. The minimum atomic E-state index is -3.64. The van der Waals surface area contributed by atoms with Gasteiger partial charge < -0.3 is 0 Å². The summed E-state index contributed by atoms with van der Waals surface area (Å²) < 4.78 is 27.1. The van der Waals surface area contributed by atoms with Crippen molar-refractivity contribution in [3.05, 3.63) is 58.1 Å². The van der Waals surface area contributed by atoms with Crippen LogP contribution < -0.4 is 4.90 Å². The lowest BCUT2D eigenvalue weighted by atomic mass is 10.1. The van der Waals surface area contributed by atoms with E-state index in [-0.39, 0.29) is 36.2 Å². The van der Waals surface area contributed by atoms with Crippen LogP contribution in [0.1, 0.15) is 12.0 Å². The molecular formula is C21H21Cl2N3O4S. The maximum atomic E-state index is 13.1. The van der Waals surface area contributed by atoms with E-state index < -0.39 is 16.1 Å². The molecule has 1 atom stereocenters. The van der Waals surface area contributed by atoms with Crippen LogP contribution in [0, 0.1) is 6.92 Å². The summed E-state index contributed by atoms with van der Waals surface area (Å²) in [5.74, 6) is -0.582. The van der Waals surface area contributed by atoms with Gasteiger partial charge >= 0.3 is 0 Å². The molecule has 0 unspecified atom stereocenters. The average molecular weight is 482 g/mol. The van der Waals surface area contributed by atoms with Crippen LogP contribution in [0.15, 0.2) is 47.4 Å². The summed E-state index contributed by atoms with van der Waals surface area (Å²) in [7, 11) is -3.64. The fourth-order valence-corrected chi connectivity index (χ4v) is 5.72. The summed E-state index contributed by atoms with van der Waals surface area (Å²) in [6, 6.07) is 10.6. The normalized spacial score (nSPS) is 21.1. The molecule has 2 aliphatic rings. The van der Waals surface area contributed by atoms with Crippen molar-refractivity contribution < 1.29 is 18.0 Å². The zero-order valence-electron chi connectivity index (χ0n) is 16.8. The van der Waals surface area contributed by atoms with Crippen molar-refractivity contribution in [1.82, 2.24) is 9.21 Å². The topological polar surface area (TPSA) is 78.0 Å². The average Bonchev–Trinajstić information content (AvgIpc) is 3.04. The summed E-state index contributed by atoms with van der Waals surface area (Å²) in [5, 5.41) is 0.954. The predicted octanol–water partition coefficient (Wildman–Crippen LogP) is 2.94. The van der Waals surface area contributed by atoms with Crippen LogP contribution in [0.5, 0.6) is 0 Å². The van der Waals surface area contributed by atoms with Gasteiger partial charge in [0.15, 0.2) is 0 Å². The Morgan fingerprint density at radius 3 is 2.23 bits per heavy atom. The Balaban J connectivity index is 1.47. The molecule has 31 heavy (non-hydrogen) atoms. The molecule has 0 spiro atoms. The molecule has 2 fully saturated rings. The molecule has 2 heterocycles. The highest BCUT2D eigenvalue weighted by Crippen LogP contribution is 2.32. The Bertz CT molecular complexity index is 1130. The van der Waals surface area contributed by atoms with Gasteiger partial charge in [0.05, 0.1) is 23.0 Å². The van der Waals surface area contributed by atoms with Gasteiger partial charge in [-0.2, -0.15) is 4.31 Å². The fourth-order valence-electron chi connectivity index (χ4n) is 4.00. The molecule has 2 amide bonds. The number of hydrogen-bond acceptors (Lipinski definition) is 5. The lowest BCUT2D eigenvalue weighted by Crippen LogP contribution is -2.53. The Morgan fingerprint density at radius 2 is 1.58 bits per heavy atom. The number of halogens is 2. The van der Waals surface area contributed by atoms with E-state index in [1.165, 1.54) is 21.3 Å². The van der Waals surface area contributed by atoms with E-state index in [0.717, 1.165) is 0 Å². The Kier molecular flexibility index (Phi) is 6.11. The van der Waals surface area contributed by atoms with E-state index in [1.807, 2.05) is 4.90 Å². The van der Waals surface area contributed by atoms with Crippen LogP contribution in [0.4, 0.5) is 5.69 Å². The van der Waals surface area contributed by atoms with Crippen molar-refractivity contribution in [2.45, 2.75) is 24.3 Å². The quantitative estimate of drug-likeness (QED) is 0.627. The van der Waals surface area contributed by atoms with Gasteiger partial charge in [0, 0.05) is 36.2 Å². The highest BCUT2D eigenvalue weighted by Gasteiger charge is 2.44. The van der Waals surface area contributed by atoms with Crippen molar-refractivity contribution in [1.29, 1.82) is 0 Å². The molecule has 164 valence electrons. The molecule has 0 radical (unpaired) electrons. The van der Waals surface area contributed by atoms with E-state index in [1.54, 1.807) is 37.3 Å². The molecule has 7 nitrogen and oxygen atoms in total. The van der Waals surface area contributed by atoms with Crippen LogP contribution in [0.25, 0.3) is 0 Å². The number of benzene rings is 2. The van der Waals surface area contributed by atoms with E-state index in [2.05, 4.69) is 0 Å². The smallest absolute Gasteiger partial charge is 0.251 e. The second-order valence-corrected chi connectivity index (χ2v) is 10.3. The number of imide groups is 1. The number of amides is 2. The number of carbonyl (C=O) groups excluding carboxylic acids is 2. The monoisotopic (exact) mass is 481 g/mol. The summed E-state index contributed by atoms with van der Waals surface area (Å²) in [6.45, 7) is 2.96. The van der Waals surface area contributed by atoms with Crippen LogP contribution in [-0.4, -0.2) is 61.7 Å². The SMILES string of the molecule is Cc1c(Cl)cccc1N1C(=O)C[C@H](N2CCN(S(=O)(=O)c3ccc(Cl)cc3)CC2)C1=O. The van der Waals surface area contributed by atoms with Crippen LogP contribution in [0.3, 0.4) is 0 Å². The number of anilines is 1. The molecule has 0 saturated carbocycles. The Labute approximate surface area is 191 Å². The lowest BCUT2D eigenvalue weighted by Gasteiger charge is -2.36. The molecule has 2 aromatic carbocycles. The summed E-state index contributed by atoms with van der Waals surface area (Å²) >= 11 is 12.0. The molecule has 0 bridgehead atoms. The first-order valence-corrected chi connectivity index (χ1v) is 12.0. The van der Waals surface area contributed by atoms with Crippen molar-refractivity contribution in [2.24, 2.45) is 0 Å². The minimum absolute atomic E-state index is 0.0642. The molecule has 2 aromatic rings. The highest BCUT2D eigenvalue weighted by molar-refractivity contribution is 7.89. The molecule has 4 rings (SSSR count). The Hall–Kier alpha value is -1.97. The summed E-state index contributed by atoms with van der Waals surface area (Å²) in [6.07, 6.45) is 0.0642. The third-order valence-corrected chi connectivity index (χ3v) is 8.34. The minimum Gasteiger partial charge on any atom is -0.289 e. The molecule has 2 saturated heterocycles. The third kappa shape index (κ3) is 4.10. The van der Waals surface area contributed by atoms with Gasteiger partial charge in [0.1, 0.15) is 0 Å². The second kappa shape index (κ2) is 8.52. The number of rotatable bonds is 4. The molecule has 0 aromatic heterocycles. The van der Waals surface area contributed by atoms with E-state index in [4.69, 9.17) is 23.2 Å². The largest absolute Gasteiger partial charge is 0.289 e.